The molecule has 0 unspecified atom stereocenters. The highest BCUT2D eigenvalue weighted by molar-refractivity contribution is 9.10. The van der Waals surface area contributed by atoms with Crippen molar-refractivity contribution in [2.45, 2.75) is 6.54 Å². The van der Waals surface area contributed by atoms with Crippen molar-refractivity contribution in [3.05, 3.63) is 68.7 Å². The summed E-state index contributed by atoms with van der Waals surface area (Å²) in [5.74, 6) is 0.801. The highest BCUT2D eigenvalue weighted by Gasteiger charge is 2.15. The lowest BCUT2D eigenvalue weighted by atomic mass is 10.0. The summed E-state index contributed by atoms with van der Waals surface area (Å²) in [5, 5.41) is 7.55. The Labute approximate surface area is 151 Å². The highest BCUT2D eigenvalue weighted by atomic mass is 79.9. The van der Waals surface area contributed by atoms with Crippen molar-refractivity contribution >= 4 is 39.7 Å². The summed E-state index contributed by atoms with van der Waals surface area (Å²) in [5.41, 5.74) is 3.63. The summed E-state index contributed by atoms with van der Waals surface area (Å²) in [6.07, 6.45) is 4.21. The molecule has 2 nitrogen and oxygen atoms in total. The maximum Gasteiger partial charge on any atom is 0.0417 e. The van der Waals surface area contributed by atoms with Gasteiger partial charge in [-0.25, -0.2) is 0 Å². The number of benzene rings is 2. The first-order valence-electron chi connectivity index (χ1n) is 7.84. The summed E-state index contributed by atoms with van der Waals surface area (Å²) >= 11 is 9.50. The van der Waals surface area contributed by atoms with Crippen LogP contribution in [-0.4, -0.2) is 19.6 Å². The molecule has 0 radical (unpaired) electrons. The normalized spacial score (nSPS) is 15.0. The quantitative estimate of drug-likeness (QED) is 0.704. The fourth-order valence-electron chi connectivity index (χ4n) is 2.48. The molecular formula is C19H20BrClN2. The minimum absolute atomic E-state index is 0.739. The molecule has 0 saturated carbocycles. The van der Waals surface area contributed by atoms with Crippen LogP contribution in [0, 0.1) is 5.92 Å². The second kappa shape index (κ2) is 8.11. The topological polar surface area (TPSA) is 24.1 Å². The van der Waals surface area contributed by atoms with E-state index in [-0.39, 0.29) is 0 Å². The zero-order valence-electron chi connectivity index (χ0n) is 12.9. The molecule has 3 rings (SSSR count). The third-order valence-electron chi connectivity index (χ3n) is 4.03. The van der Waals surface area contributed by atoms with Gasteiger partial charge in [-0.05, 0) is 34.7 Å². The molecule has 120 valence electrons. The summed E-state index contributed by atoms with van der Waals surface area (Å²) in [6, 6.07) is 14.5. The van der Waals surface area contributed by atoms with Crippen molar-refractivity contribution in [2.24, 2.45) is 5.92 Å². The van der Waals surface area contributed by atoms with Crippen LogP contribution in [-0.2, 0) is 6.54 Å². The molecule has 2 N–H and O–H groups in total. The molecule has 1 fully saturated rings. The number of halogens is 2. The van der Waals surface area contributed by atoms with Gasteiger partial charge in [-0.2, -0.15) is 0 Å². The third kappa shape index (κ3) is 4.92. The minimum atomic E-state index is 0.739. The van der Waals surface area contributed by atoms with Crippen molar-refractivity contribution in [1.82, 2.24) is 10.6 Å². The average molecular weight is 392 g/mol. The third-order valence-corrected chi connectivity index (χ3v) is 4.95. The molecule has 4 heteroatoms. The van der Waals surface area contributed by atoms with Crippen molar-refractivity contribution in [3.8, 4) is 0 Å². The molecule has 1 heterocycles. The fourth-order valence-corrected chi connectivity index (χ4v) is 3.30. The largest absolute Gasteiger partial charge is 0.316 e. The Bertz CT molecular complexity index is 678. The van der Waals surface area contributed by atoms with E-state index >= 15 is 0 Å². The van der Waals surface area contributed by atoms with Gasteiger partial charge in [0.15, 0.2) is 0 Å². The van der Waals surface area contributed by atoms with E-state index in [9.17, 15) is 0 Å². The molecule has 0 atom stereocenters. The van der Waals surface area contributed by atoms with Crippen molar-refractivity contribution in [2.75, 3.05) is 19.6 Å². The van der Waals surface area contributed by atoms with Crippen LogP contribution < -0.4 is 10.6 Å². The van der Waals surface area contributed by atoms with E-state index in [1.165, 1.54) is 11.1 Å². The van der Waals surface area contributed by atoms with E-state index in [2.05, 4.69) is 63.0 Å². The van der Waals surface area contributed by atoms with Crippen LogP contribution in [0.25, 0.3) is 12.2 Å². The fraction of sp³-hybridized carbons (Fsp3) is 0.263. The average Bonchev–Trinajstić information content (AvgIpc) is 2.50. The predicted octanol–water partition coefficient (Wildman–Crippen LogP) is 4.58. The summed E-state index contributed by atoms with van der Waals surface area (Å²) in [6.45, 7) is 4.33. The predicted molar refractivity (Wildman–Crippen MR) is 103 cm³/mol. The Hall–Kier alpha value is -1.13. The maximum absolute atomic E-state index is 5.96. The Kier molecular flexibility index (Phi) is 5.90. The molecule has 0 bridgehead atoms. The molecule has 2 aromatic rings. The van der Waals surface area contributed by atoms with Gasteiger partial charge in [-0.15, -0.1) is 0 Å². The summed E-state index contributed by atoms with van der Waals surface area (Å²) in [7, 11) is 0. The second-order valence-electron chi connectivity index (χ2n) is 5.90. The van der Waals surface area contributed by atoms with E-state index in [4.69, 9.17) is 11.6 Å². The van der Waals surface area contributed by atoms with Crippen LogP contribution in [0.2, 0.25) is 5.02 Å². The zero-order chi connectivity index (χ0) is 16.1. The first kappa shape index (κ1) is 16.7. The lowest BCUT2D eigenvalue weighted by molar-refractivity contribution is 0.331. The molecule has 0 aromatic heterocycles. The zero-order valence-corrected chi connectivity index (χ0v) is 15.2. The van der Waals surface area contributed by atoms with Gasteiger partial charge in [0, 0.05) is 35.7 Å². The Morgan fingerprint density at radius 3 is 2.57 bits per heavy atom. The monoisotopic (exact) mass is 390 g/mol. The van der Waals surface area contributed by atoms with Crippen LogP contribution in [0.4, 0.5) is 0 Å². The van der Waals surface area contributed by atoms with Gasteiger partial charge in [0.2, 0.25) is 0 Å². The van der Waals surface area contributed by atoms with Crippen LogP contribution in [0.3, 0.4) is 0 Å². The highest BCUT2D eigenvalue weighted by Crippen LogP contribution is 2.23. The molecule has 0 spiro atoms. The summed E-state index contributed by atoms with van der Waals surface area (Å²) < 4.78 is 1.01. The van der Waals surface area contributed by atoms with Crippen molar-refractivity contribution in [1.29, 1.82) is 0 Å². The van der Waals surface area contributed by atoms with Gasteiger partial charge in [0.25, 0.3) is 0 Å². The van der Waals surface area contributed by atoms with Crippen molar-refractivity contribution in [3.63, 3.8) is 0 Å². The molecule has 2 aromatic carbocycles. The number of hydrogen-bond acceptors (Lipinski definition) is 2. The maximum atomic E-state index is 5.96. The van der Waals surface area contributed by atoms with Crippen LogP contribution >= 0.6 is 27.5 Å². The number of rotatable bonds is 6. The standard InChI is InChI=1S/C19H20BrClN2/c20-19-9-18(21)8-7-17(19)6-5-14-1-3-15(4-2-14)10-22-11-16-12-23-13-16/h1-9,16,22-23H,10-13H2/b6-5+. The molecule has 23 heavy (non-hydrogen) atoms. The van der Waals surface area contributed by atoms with Gasteiger partial charge in [0.05, 0.1) is 0 Å². The van der Waals surface area contributed by atoms with Crippen molar-refractivity contribution < 1.29 is 0 Å². The molecule has 0 amide bonds. The molecule has 1 aliphatic rings. The first-order chi connectivity index (χ1) is 11.2. The second-order valence-corrected chi connectivity index (χ2v) is 7.19. The Morgan fingerprint density at radius 2 is 1.91 bits per heavy atom. The smallest absolute Gasteiger partial charge is 0.0417 e. The Balaban J connectivity index is 1.54. The molecule has 1 saturated heterocycles. The van der Waals surface area contributed by atoms with E-state index in [0.29, 0.717) is 0 Å². The van der Waals surface area contributed by atoms with Gasteiger partial charge in [-0.3, -0.25) is 0 Å². The van der Waals surface area contributed by atoms with Crippen LogP contribution in [0.5, 0.6) is 0 Å². The Morgan fingerprint density at radius 1 is 1.13 bits per heavy atom. The number of hydrogen-bond donors (Lipinski definition) is 2. The first-order valence-corrected chi connectivity index (χ1v) is 9.01. The van der Waals surface area contributed by atoms with Gasteiger partial charge >= 0.3 is 0 Å². The lowest BCUT2D eigenvalue weighted by Crippen LogP contribution is -2.47. The van der Waals surface area contributed by atoms with Gasteiger partial charge in [-0.1, -0.05) is 70.0 Å². The molecule has 0 aliphatic carbocycles. The van der Waals surface area contributed by atoms with Gasteiger partial charge in [0.1, 0.15) is 0 Å². The van der Waals surface area contributed by atoms with E-state index in [1.54, 1.807) is 0 Å². The van der Waals surface area contributed by atoms with E-state index < -0.39 is 0 Å². The van der Waals surface area contributed by atoms with E-state index in [0.717, 1.165) is 47.2 Å². The van der Waals surface area contributed by atoms with Crippen LogP contribution in [0.1, 0.15) is 16.7 Å². The SMILES string of the molecule is Clc1ccc(/C=C/c2ccc(CNCC3CNC3)cc2)c(Br)c1. The molecular weight excluding hydrogens is 372 g/mol. The van der Waals surface area contributed by atoms with E-state index in [1.807, 2.05) is 18.2 Å². The number of nitrogens with one attached hydrogen (secondary N) is 2. The van der Waals surface area contributed by atoms with Gasteiger partial charge < -0.3 is 10.6 Å². The molecule has 1 aliphatic heterocycles. The summed E-state index contributed by atoms with van der Waals surface area (Å²) in [4.78, 5) is 0. The lowest BCUT2D eigenvalue weighted by Gasteiger charge is -2.27. The minimum Gasteiger partial charge on any atom is -0.316 e. The van der Waals surface area contributed by atoms with Crippen LogP contribution in [0.15, 0.2) is 46.9 Å².